The molecule has 0 aliphatic rings. The maximum Gasteiger partial charge on any atom is 0.342 e. The summed E-state index contributed by atoms with van der Waals surface area (Å²) >= 11 is 0. The summed E-state index contributed by atoms with van der Waals surface area (Å²) in [6.07, 6.45) is -1.16. The number of nitro groups is 1. The van der Waals surface area contributed by atoms with Crippen LogP contribution >= 0.6 is 0 Å². The van der Waals surface area contributed by atoms with E-state index in [4.69, 9.17) is 9.47 Å². The summed E-state index contributed by atoms with van der Waals surface area (Å²) in [5.74, 6) is -1.10. The molecule has 2 rings (SSSR count). The number of anilines is 1. The van der Waals surface area contributed by atoms with Crippen LogP contribution in [0.5, 0.6) is 5.75 Å². The fourth-order valence-electron chi connectivity index (χ4n) is 2.06. The maximum atomic E-state index is 12.2. The van der Waals surface area contributed by atoms with Crippen molar-refractivity contribution in [2.24, 2.45) is 0 Å². The number of ether oxygens (including phenoxy) is 2. The molecule has 8 nitrogen and oxygen atoms in total. The van der Waals surface area contributed by atoms with Crippen LogP contribution in [0, 0.1) is 10.1 Å². The monoisotopic (exact) mass is 344 g/mol. The number of esters is 1. The topological polar surface area (TPSA) is 108 Å². The second-order valence-corrected chi connectivity index (χ2v) is 5.01. The molecule has 0 spiro atoms. The van der Waals surface area contributed by atoms with Crippen LogP contribution in [0.15, 0.2) is 48.5 Å². The van der Waals surface area contributed by atoms with Gasteiger partial charge in [0.1, 0.15) is 17.0 Å². The normalized spacial score (nSPS) is 11.3. The van der Waals surface area contributed by atoms with E-state index >= 15 is 0 Å². The molecule has 130 valence electrons. The molecule has 1 unspecified atom stereocenters. The summed E-state index contributed by atoms with van der Waals surface area (Å²) in [6, 6.07) is 12.1. The van der Waals surface area contributed by atoms with E-state index in [1.807, 2.05) is 0 Å². The third-order valence-corrected chi connectivity index (χ3v) is 3.34. The highest BCUT2D eigenvalue weighted by Crippen LogP contribution is 2.24. The molecule has 0 saturated heterocycles. The predicted molar refractivity (Wildman–Crippen MR) is 89.6 cm³/mol. The average molecular weight is 344 g/mol. The van der Waals surface area contributed by atoms with Gasteiger partial charge in [-0.25, -0.2) is 4.79 Å². The lowest BCUT2D eigenvalue weighted by atomic mass is 10.2. The number of para-hydroxylation sites is 3. The molecular weight excluding hydrogens is 328 g/mol. The molecule has 0 heterocycles. The van der Waals surface area contributed by atoms with Crippen molar-refractivity contribution in [2.45, 2.75) is 13.0 Å². The minimum absolute atomic E-state index is 0.0256. The van der Waals surface area contributed by atoms with Gasteiger partial charge in [0.05, 0.1) is 12.0 Å². The van der Waals surface area contributed by atoms with Gasteiger partial charge < -0.3 is 14.8 Å². The van der Waals surface area contributed by atoms with E-state index < -0.39 is 22.9 Å². The van der Waals surface area contributed by atoms with E-state index in [-0.39, 0.29) is 16.9 Å². The number of nitro benzene ring substituents is 1. The highest BCUT2D eigenvalue weighted by molar-refractivity contribution is 5.99. The highest BCUT2D eigenvalue weighted by Gasteiger charge is 2.23. The number of nitrogens with zero attached hydrogens (tertiary/aromatic N) is 1. The fourth-order valence-corrected chi connectivity index (χ4v) is 2.06. The lowest BCUT2D eigenvalue weighted by Crippen LogP contribution is -2.30. The van der Waals surface area contributed by atoms with Crippen LogP contribution in [-0.2, 0) is 9.53 Å². The molecule has 0 bridgehead atoms. The van der Waals surface area contributed by atoms with Gasteiger partial charge in [0.25, 0.3) is 11.6 Å². The van der Waals surface area contributed by atoms with Gasteiger partial charge in [-0.2, -0.15) is 0 Å². The zero-order valence-corrected chi connectivity index (χ0v) is 13.6. The number of carbonyl (C=O) groups excluding carboxylic acids is 2. The van der Waals surface area contributed by atoms with Crippen LogP contribution < -0.4 is 10.1 Å². The lowest BCUT2D eigenvalue weighted by Gasteiger charge is -2.14. The molecule has 2 aromatic carbocycles. The summed E-state index contributed by atoms with van der Waals surface area (Å²) in [5.41, 5.74) is -0.0489. The summed E-state index contributed by atoms with van der Waals surface area (Å²) in [4.78, 5) is 34.7. The van der Waals surface area contributed by atoms with Crippen LogP contribution in [0.25, 0.3) is 0 Å². The van der Waals surface area contributed by atoms with Gasteiger partial charge in [-0.3, -0.25) is 14.9 Å². The summed E-state index contributed by atoms with van der Waals surface area (Å²) in [6.45, 7) is 1.37. The number of rotatable bonds is 6. The van der Waals surface area contributed by atoms with Crippen molar-refractivity contribution in [2.75, 3.05) is 12.4 Å². The van der Waals surface area contributed by atoms with Gasteiger partial charge in [-0.05, 0) is 25.1 Å². The summed E-state index contributed by atoms with van der Waals surface area (Å²) in [7, 11) is 1.41. The summed E-state index contributed by atoms with van der Waals surface area (Å²) < 4.78 is 10.2. The van der Waals surface area contributed by atoms with E-state index in [0.29, 0.717) is 5.75 Å². The molecule has 2 aromatic rings. The number of hydrogen-bond donors (Lipinski definition) is 1. The fraction of sp³-hybridized carbons (Fsp3) is 0.176. The van der Waals surface area contributed by atoms with E-state index in [0.717, 1.165) is 0 Å². The van der Waals surface area contributed by atoms with Crippen molar-refractivity contribution in [1.82, 2.24) is 0 Å². The predicted octanol–water partition coefficient (Wildman–Crippen LogP) is 2.79. The second kappa shape index (κ2) is 7.91. The molecule has 0 aromatic heterocycles. The Hall–Kier alpha value is -3.42. The summed E-state index contributed by atoms with van der Waals surface area (Å²) in [5, 5.41) is 13.3. The molecule has 0 saturated carbocycles. The van der Waals surface area contributed by atoms with Gasteiger partial charge >= 0.3 is 5.97 Å². The molecule has 1 atom stereocenters. The first-order chi connectivity index (χ1) is 11.9. The van der Waals surface area contributed by atoms with Gasteiger partial charge in [0, 0.05) is 6.07 Å². The minimum Gasteiger partial charge on any atom is -0.496 e. The molecule has 8 heteroatoms. The Morgan fingerprint density at radius 3 is 2.44 bits per heavy atom. The van der Waals surface area contributed by atoms with E-state index in [2.05, 4.69) is 5.32 Å². The highest BCUT2D eigenvalue weighted by atomic mass is 16.6. The Labute approximate surface area is 143 Å². The number of benzene rings is 2. The van der Waals surface area contributed by atoms with Crippen molar-refractivity contribution in [3.63, 3.8) is 0 Å². The zero-order chi connectivity index (χ0) is 18.4. The average Bonchev–Trinajstić information content (AvgIpc) is 2.61. The molecule has 1 N–H and O–H groups in total. The van der Waals surface area contributed by atoms with Gasteiger partial charge in [-0.15, -0.1) is 0 Å². The quantitative estimate of drug-likeness (QED) is 0.490. The van der Waals surface area contributed by atoms with Crippen molar-refractivity contribution in [1.29, 1.82) is 0 Å². The maximum absolute atomic E-state index is 12.2. The van der Waals surface area contributed by atoms with Gasteiger partial charge in [-0.1, -0.05) is 24.3 Å². The molecule has 1 amide bonds. The Balaban J connectivity index is 2.08. The Morgan fingerprint density at radius 1 is 1.12 bits per heavy atom. The van der Waals surface area contributed by atoms with E-state index in [9.17, 15) is 19.7 Å². The third-order valence-electron chi connectivity index (χ3n) is 3.34. The van der Waals surface area contributed by atoms with E-state index in [1.54, 1.807) is 24.3 Å². The zero-order valence-electron chi connectivity index (χ0n) is 13.6. The Morgan fingerprint density at radius 2 is 1.76 bits per heavy atom. The van der Waals surface area contributed by atoms with Gasteiger partial charge in [0.15, 0.2) is 6.10 Å². The Kier molecular flexibility index (Phi) is 5.67. The van der Waals surface area contributed by atoms with E-state index in [1.165, 1.54) is 38.3 Å². The second-order valence-electron chi connectivity index (χ2n) is 5.01. The van der Waals surface area contributed by atoms with Crippen molar-refractivity contribution < 1.29 is 24.0 Å². The van der Waals surface area contributed by atoms with Crippen molar-refractivity contribution in [3.05, 3.63) is 64.2 Å². The minimum atomic E-state index is -1.16. The number of amides is 1. The third kappa shape index (κ3) is 4.31. The Bertz CT molecular complexity index is 805. The molecular formula is C17H16N2O6. The van der Waals surface area contributed by atoms with Crippen LogP contribution in [0.2, 0.25) is 0 Å². The first-order valence-corrected chi connectivity index (χ1v) is 7.32. The van der Waals surface area contributed by atoms with Crippen LogP contribution in [0.3, 0.4) is 0 Å². The van der Waals surface area contributed by atoms with Gasteiger partial charge in [0.2, 0.25) is 0 Å². The number of hydrogen-bond acceptors (Lipinski definition) is 6. The standard InChI is InChI=1S/C17H16N2O6/c1-11(25-17(21)12-7-3-6-10-15(12)24-2)16(20)18-13-8-4-5-9-14(13)19(22)23/h3-11H,1-2H3,(H,18,20). The van der Waals surface area contributed by atoms with Crippen LogP contribution in [0.4, 0.5) is 11.4 Å². The number of nitrogens with one attached hydrogen (secondary N) is 1. The smallest absolute Gasteiger partial charge is 0.342 e. The SMILES string of the molecule is COc1ccccc1C(=O)OC(C)C(=O)Nc1ccccc1[N+](=O)[O-]. The first kappa shape index (κ1) is 17.9. The first-order valence-electron chi connectivity index (χ1n) is 7.32. The molecule has 0 aliphatic carbocycles. The lowest BCUT2D eigenvalue weighted by molar-refractivity contribution is -0.383. The molecule has 0 aliphatic heterocycles. The van der Waals surface area contributed by atoms with Crippen LogP contribution in [-0.4, -0.2) is 30.0 Å². The van der Waals surface area contributed by atoms with Crippen LogP contribution in [0.1, 0.15) is 17.3 Å². The molecule has 25 heavy (non-hydrogen) atoms. The van der Waals surface area contributed by atoms with Crippen molar-refractivity contribution in [3.8, 4) is 5.75 Å². The number of methoxy groups -OCH3 is 1. The largest absolute Gasteiger partial charge is 0.496 e. The molecule has 0 fully saturated rings. The molecule has 0 radical (unpaired) electrons. The number of carbonyl (C=O) groups is 2. The van der Waals surface area contributed by atoms with Crippen molar-refractivity contribution >= 4 is 23.3 Å².